The average Bonchev–Trinajstić information content (AvgIpc) is 1.98. The number of ketones is 1. The predicted octanol–water partition coefficient (Wildman–Crippen LogP) is 0.834. The molecule has 0 saturated carbocycles. The molecule has 0 aliphatic carbocycles. The molecular weight excluding hydrogens is 154 g/mol. The molecule has 1 heterocycles. The van der Waals surface area contributed by atoms with Crippen molar-refractivity contribution in [2.75, 3.05) is 13.6 Å². The fourth-order valence-corrected chi connectivity index (χ4v) is 1.66. The van der Waals surface area contributed by atoms with Gasteiger partial charge in [-0.1, -0.05) is 0 Å². The molecule has 1 aliphatic rings. The number of amides is 1. The number of carbonyl (C=O) groups excluding carboxylic acids is 2. The molecule has 0 aromatic carbocycles. The van der Waals surface area contributed by atoms with Crippen LogP contribution in [0.15, 0.2) is 0 Å². The first kappa shape index (κ1) is 9.23. The van der Waals surface area contributed by atoms with Crippen molar-refractivity contribution in [3.63, 3.8) is 0 Å². The molecular formula is C9H15NO2. The Hall–Kier alpha value is -0.860. The summed E-state index contributed by atoms with van der Waals surface area (Å²) in [7, 11) is 1.80. The molecule has 3 heteroatoms. The number of Topliss-reactive ketones (excluding diaryl/α,β-unsaturated/α-hetero) is 1. The topological polar surface area (TPSA) is 37.4 Å². The van der Waals surface area contributed by atoms with Gasteiger partial charge in [-0.05, 0) is 19.8 Å². The van der Waals surface area contributed by atoms with Gasteiger partial charge in [0.15, 0.2) is 0 Å². The minimum Gasteiger partial charge on any atom is -0.346 e. The molecule has 1 saturated heterocycles. The molecule has 1 unspecified atom stereocenters. The van der Waals surface area contributed by atoms with Crippen LogP contribution in [0.1, 0.15) is 26.2 Å². The zero-order chi connectivity index (χ0) is 9.14. The van der Waals surface area contributed by atoms with E-state index in [-0.39, 0.29) is 17.6 Å². The van der Waals surface area contributed by atoms with Gasteiger partial charge >= 0.3 is 0 Å². The molecule has 0 aromatic heterocycles. The van der Waals surface area contributed by atoms with E-state index < -0.39 is 0 Å². The van der Waals surface area contributed by atoms with Gasteiger partial charge in [0.25, 0.3) is 0 Å². The van der Waals surface area contributed by atoms with E-state index in [2.05, 4.69) is 0 Å². The molecule has 1 rings (SSSR count). The Morgan fingerprint density at radius 3 is 2.92 bits per heavy atom. The van der Waals surface area contributed by atoms with Crippen molar-refractivity contribution >= 4 is 11.7 Å². The Morgan fingerprint density at radius 1 is 1.67 bits per heavy atom. The zero-order valence-corrected chi connectivity index (χ0v) is 7.67. The molecule has 12 heavy (non-hydrogen) atoms. The highest BCUT2D eigenvalue weighted by Crippen LogP contribution is 2.19. The number of carbonyl (C=O) groups is 2. The molecule has 1 fully saturated rings. The van der Waals surface area contributed by atoms with Gasteiger partial charge in [-0.2, -0.15) is 0 Å². The van der Waals surface area contributed by atoms with E-state index >= 15 is 0 Å². The van der Waals surface area contributed by atoms with Crippen LogP contribution >= 0.6 is 0 Å². The van der Waals surface area contributed by atoms with Crippen molar-refractivity contribution in [2.24, 2.45) is 5.92 Å². The number of rotatable bonds is 2. The Kier molecular flexibility index (Phi) is 2.84. The smallest absolute Gasteiger partial charge is 0.225 e. The maximum atomic E-state index is 11.4. The van der Waals surface area contributed by atoms with Gasteiger partial charge in [-0.3, -0.25) is 4.79 Å². The van der Waals surface area contributed by atoms with Crippen LogP contribution in [-0.4, -0.2) is 30.2 Å². The normalized spacial score (nSPS) is 24.3. The van der Waals surface area contributed by atoms with Crippen LogP contribution in [0, 0.1) is 5.92 Å². The molecule has 68 valence electrons. The number of piperidine rings is 1. The van der Waals surface area contributed by atoms with E-state index in [9.17, 15) is 9.59 Å². The summed E-state index contributed by atoms with van der Waals surface area (Å²) < 4.78 is 0. The van der Waals surface area contributed by atoms with E-state index in [4.69, 9.17) is 0 Å². The van der Waals surface area contributed by atoms with Gasteiger partial charge in [0.05, 0.1) is 0 Å². The Labute approximate surface area is 72.7 Å². The van der Waals surface area contributed by atoms with E-state index in [0.29, 0.717) is 6.42 Å². The highest BCUT2D eigenvalue weighted by molar-refractivity contribution is 5.85. The highest BCUT2D eigenvalue weighted by atomic mass is 16.2. The highest BCUT2D eigenvalue weighted by Gasteiger charge is 2.26. The van der Waals surface area contributed by atoms with Crippen LogP contribution < -0.4 is 0 Å². The summed E-state index contributed by atoms with van der Waals surface area (Å²) in [6.45, 7) is 2.38. The van der Waals surface area contributed by atoms with Gasteiger partial charge in [-0.25, -0.2) is 0 Å². The van der Waals surface area contributed by atoms with Crippen LogP contribution in [0.2, 0.25) is 0 Å². The van der Waals surface area contributed by atoms with Crippen LogP contribution in [0.4, 0.5) is 0 Å². The second-order valence-electron chi connectivity index (χ2n) is 3.51. The van der Waals surface area contributed by atoms with Gasteiger partial charge in [-0.15, -0.1) is 0 Å². The lowest BCUT2D eigenvalue weighted by Crippen LogP contribution is -2.38. The SMILES string of the molecule is CC(=O)CC1CCCN(C)C1=O. The van der Waals surface area contributed by atoms with Gasteiger partial charge in [0.1, 0.15) is 5.78 Å². The Morgan fingerprint density at radius 2 is 2.33 bits per heavy atom. The largest absolute Gasteiger partial charge is 0.346 e. The van der Waals surface area contributed by atoms with E-state index in [1.165, 1.54) is 0 Å². The lowest BCUT2D eigenvalue weighted by Gasteiger charge is -2.28. The molecule has 0 aromatic rings. The molecule has 0 N–H and O–H groups in total. The maximum absolute atomic E-state index is 11.4. The third kappa shape index (κ3) is 2.06. The van der Waals surface area contributed by atoms with E-state index in [1.807, 2.05) is 0 Å². The molecule has 1 atom stereocenters. The fraction of sp³-hybridized carbons (Fsp3) is 0.778. The monoisotopic (exact) mass is 169 g/mol. The summed E-state index contributed by atoms with van der Waals surface area (Å²) in [5.41, 5.74) is 0. The van der Waals surface area contributed by atoms with E-state index in [0.717, 1.165) is 19.4 Å². The quantitative estimate of drug-likeness (QED) is 0.614. The summed E-state index contributed by atoms with van der Waals surface area (Å²) in [6, 6.07) is 0. The maximum Gasteiger partial charge on any atom is 0.225 e. The molecule has 1 aliphatic heterocycles. The van der Waals surface area contributed by atoms with Crippen molar-refractivity contribution < 1.29 is 9.59 Å². The molecule has 3 nitrogen and oxygen atoms in total. The Balaban J connectivity index is 2.52. The average molecular weight is 169 g/mol. The second kappa shape index (κ2) is 3.70. The molecule has 0 radical (unpaired) electrons. The molecule has 1 amide bonds. The first-order valence-electron chi connectivity index (χ1n) is 4.35. The first-order chi connectivity index (χ1) is 5.61. The summed E-state index contributed by atoms with van der Waals surface area (Å²) in [5.74, 6) is 0.210. The Bertz CT molecular complexity index is 201. The molecule has 0 spiro atoms. The van der Waals surface area contributed by atoms with E-state index in [1.54, 1.807) is 18.9 Å². The lowest BCUT2D eigenvalue weighted by molar-refractivity contribution is -0.139. The van der Waals surface area contributed by atoms with Crippen molar-refractivity contribution in [3.05, 3.63) is 0 Å². The third-order valence-electron chi connectivity index (χ3n) is 2.31. The first-order valence-corrected chi connectivity index (χ1v) is 4.35. The standard InChI is InChI=1S/C9H15NO2/c1-7(11)6-8-4-3-5-10(2)9(8)12/h8H,3-6H2,1-2H3. The van der Waals surface area contributed by atoms with Gasteiger partial charge in [0, 0.05) is 25.9 Å². The third-order valence-corrected chi connectivity index (χ3v) is 2.31. The van der Waals surface area contributed by atoms with Crippen LogP contribution in [-0.2, 0) is 9.59 Å². The summed E-state index contributed by atoms with van der Waals surface area (Å²) >= 11 is 0. The zero-order valence-electron chi connectivity index (χ0n) is 7.67. The number of hydrogen-bond donors (Lipinski definition) is 0. The summed E-state index contributed by atoms with van der Waals surface area (Å²) in [6.07, 6.45) is 2.33. The number of hydrogen-bond acceptors (Lipinski definition) is 2. The summed E-state index contributed by atoms with van der Waals surface area (Å²) in [4.78, 5) is 23.9. The van der Waals surface area contributed by atoms with Gasteiger partial charge < -0.3 is 9.69 Å². The number of likely N-dealkylation sites (tertiary alicyclic amines) is 1. The van der Waals surface area contributed by atoms with Crippen LogP contribution in [0.5, 0.6) is 0 Å². The minimum absolute atomic E-state index is 0.0405. The van der Waals surface area contributed by atoms with Crippen molar-refractivity contribution in [1.29, 1.82) is 0 Å². The number of nitrogens with zero attached hydrogens (tertiary/aromatic N) is 1. The van der Waals surface area contributed by atoms with Gasteiger partial charge in [0.2, 0.25) is 5.91 Å². The van der Waals surface area contributed by atoms with Crippen molar-refractivity contribution in [2.45, 2.75) is 26.2 Å². The fourth-order valence-electron chi connectivity index (χ4n) is 1.66. The van der Waals surface area contributed by atoms with Crippen LogP contribution in [0.3, 0.4) is 0 Å². The van der Waals surface area contributed by atoms with Crippen LogP contribution in [0.25, 0.3) is 0 Å². The minimum atomic E-state index is -0.0405. The lowest BCUT2D eigenvalue weighted by atomic mass is 9.93. The molecule has 0 bridgehead atoms. The predicted molar refractivity (Wildman–Crippen MR) is 45.7 cm³/mol. The van der Waals surface area contributed by atoms with Crippen molar-refractivity contribution in [1.82, 2.24) is 4.90 Å². The second-order valence-corrected chi connectivity index (χ2v) is 3.51. The van der Waals surface area contributed by atoms with Crippen molar-refractivity contribution in [3.8, 4) is 0 Å². The summed E-state index contributed by atoms with van der Waals surface area (Å²) in [5, 5.41) is 0.